The molecule has 2 aromatic rings. The number of nitrogens with one attached hydrogen (secondary N) is 1. The van der Waals surface area contributed by atoms with Crippen LogP contribution in [-0.4, -0.2) is 52.2 Å². The van der Waals surface area contributed by atoms with Crippen LogP contribution in [0.15, 0.2) is 61.2 Å². The first-order chi connectivity index (χ1) is 15.4. The van der Waals surface area contributed by atoms with Crippen molar-refractivity contribution in [1.82, 2.24) is 0 Å². The van der Waals surface area contributed by atoms with Crippen LogP contribution in [0.25, 0.3) is 0 Å². The molecule has 2 rings (SSSR count). The minimum atomic E-state index is -4.46. The monoisotopic (exact) mass is 453 g/mol. The van der Waals surface area contributed by atoms with Crippen molar-refractivity contribution in [3.05, 3.63) is 72.3 Å². The molecule has 2 aromatic carbocycles. The van der Waals surface area contributed by atoms with Crippen LogP contribution in [0.5, 0.6) is 0 Å². The molecule has 6 nitrogen and oxygen atoms in total. The fourth-order valence-corrected chi connectivity index (χ4v) is 2.58. The van der Waals surface area contributed by atoms with E-state index in [9.17, 15) is 18.0 Å². The number of esters is 1. The Morgan fingerprint density at radius 3 is 2.25 bits per heavy atom. The normalized spacial score (nSPS) is 11.2. The number of carbonyl (C=O) groups is 1. The maximum Gasteiger partial charge on any atom is 0.416 e. The highest BCUT2D eigenvalue weighted by Crippen LogP contribution is 2.31. The predicted octanol–water partition coefficient (Wildman–Crippen LogP) is 4.84. The summed E-state index contributed by atoms with van der Waals surface area (Å²) in [5, 5.41) is 2.84. The van der Waals surface area contributed by atoms with Gasteiger partial charge in [0.05, 0.1) is 56.5 Å². The molecule has 0 aromatic heterocycles. The molecule has 0 spiro atoms. The van der Waals surface area contributed by atoms with E-state index in [1.165, 1.54) is 18.2 Å². The summed E-state index contributed by atoms with van der Waals surface area (Å²) in [7, 11) is 0. The first-order valence-electron chi connectivity index (χ1n) is 9.96. The highest BCUT2D eigenvalue weighted by Gasteiger charge is 2.30. The lowest BCUT2D eigenvalue weighted by Gasteiger charge is -2.13. The van der Waals surface area contributed by atoms with Gasteiger partial charge in [0, 0.05) is 5.69 Å². The van der Waals surface area contributed by atoms with Crippen molar-refractivity contribution in [3.63, 3.8) is 0 Å². The molecule has 0 fully saturated rings. The van der Waals surface area contributed by atoms with Gasteiger partial charge in [-0.05, 0) is 30.3 Å². The highest BCUT2D eigenvalue weighted by molar-refractivity contribution is 5.96. The fourth-order valence-electron chi connectivity index (χ4n) is 2.58. The topological polar surface area (TPSA) is 66.0 Å². The molecule has 32 heavy (non-hydrogen) atoms. The van der Waals surface area contributed by atoms with E-state index < -0.39 is 17.7 Å². The summed E-state index contributed by atoms with van der Waals surface area (Å²) in [6, 6.07) is 11.2. The molecule has 0 unspecified atom stereocenters. The van der Waals surface area contributed by atoms with Crippen LogP contribution in [0.4, 0.5) is 24.5 Å². The molecule has 0 aliphatic carbocycles. The molecular weight excluding hydrogens is 427 g/mol. The second kappa shape index (κ2) is 13.5. The standard InChI is InChI=1S/C23H26F3NO5/c1-2-10-29-11-12-30-13-14-31-15-16-32-22(28)20-8-3-4-9-21(20)27-19-7-5-6-18(17-19)23(24,25)26/h2-9,17,27H,1,10-16H2. The smallest absolute Gasteiger partial charge is 0.416 e. The van der Waals surface area contributed by atoms with Gasteiger partial charge in [0.1, 0.15) is 6.61 Å². The second-order valence-corrected chi connectivity index (χ2v) is 6.47. The van der Waals surface area contributed by atoms with Crippen LogP contribution in [0.1, 0.15) is 15.9 Å². The Kier molecular flexibility index (Phi) is 10.7. The summed E-state index contributed by atoms with van der Waals surface area (Å²) in [5.74, 6) is -0.612. The number of carbonyl (C=O) groups excluding carboxylic acids is 1. The molecule has 0 amide bonds. The van der Waals surface area contributed by atoms with E-state index in [0.717, 1.165) is 12.1 Å². The molecule has 0 aliphatic heterocycles. The van der Waals surface area contributed by atoms with Crippen LogP contribution in [0, 0.1) is 0 Å². The largest absolute Gasteiger partial charge is 0.460 e. The Hall–Kier alpha value is -2.88. The van der Waals surface area contributed by atoms with Crippen LogP contribution in [0.3, 0.4) is 0 Å². The van der Waals surface area contributed by atoms with Gasteiger partial charge >= 0.3 is 12.1 Å². The average molecular weight is 453 g/mol. The highest BCUT2D eigenvalue weighted by atomic mass is 19.4. The molecule has 0 atom stereocenters. The van der Waals surface area contributed by atoms with E-state index in [1.54, 1.807) is 24.3 Å². The van der Waals surface area contributed by atoms with Gasteiger partial charge in [-0.15, -0.1) is 6.58 Å². The number of hydrogen-bond acceptors (Lipinski definition) is 6. The summed E-state index contributed by atoms with van der Waals surface area (Å²) in [6.45, 7) is 5.87. The molecular formula is C23H26F3NO5. The van der Waals surface area contributed by atoms with Gasteiger partial charge < -0.3 is 24.3 Å². The maximum absolute atomic E-state index is 12.9. The van der Waals surface area contributed by atoms with Crippen molar-refractivity contribution < 1.29 is 36.9 Å². The zero-order valence-electron chi connectivity index (χ0n) is 17.5. The minimum absolute atomic E-state index is 0.0270. The van der Waals surface area contributed by atoms with Crippen LogP contribution < -0.4 is 5.32 Å². The molecule has 174 valence electrons. The first kappa shape index (κ1) is 25.4. The van der Waals surface area contributed by atoms with Crippen molar-refractivity contribution >= 4 is 17.3 Å². The third-order valence-corrected chi connectivity index (χ3v) is 4.06. The Balaban J connectivity index is 1.76. The van der Waals surface area contributed by atoms with Crippen molar-refractivity contribution in [2.45, 2.75) is 6.18 Å². The number of alkyl halides is 3. The number of benzene rings is 2. The van der Waals surface area contributed by atoms with Gasteiger partial charge in [0.15, 0.2) is 0 Å². The van der Waals surface area contributed by atoms with E-state index in [1.807, 2.05) is 0 Å². The van der Waals surface area contributed by atoms with Crippen molar-refractivity contribution in [3.8, 4) is 0 Å². The third-order valence-electron chi connectivity index (χ3n) is 4.06. The summed E-state index contributed by atoms with van der Waals surface area (Å²) in [6.07, 6.45) is -2.80. The number of hydrogen-bond donors (Lipinski definition) is 1. The van der Waals surface area contributed by atoms with Crippen LogP contribution in [-0.2, 0) is 25.1 Å². The van der Waals surface area contributed by atoms with Gasteiger partial charge in [0.25, 0.3) is 0 Å². The van der Waals surface area contributed by atoms with E-state index in [4.69, 9.17) is 18.9 Å². The molecule has 0 saturated heterocycles. The van der Waals surface area contributed by atoms with Crippen molar-refractivity contribution in [2.24, 2.45) is 0 Å². The van der Waals surface area contributed by atoms with Crippen LogP contribution >= 0.6 is 0 Å². The maximum atomic E-state index is 12.9. The Labute approximate surface area is 184 Å². The van der Waals surface area contributed by atoms with E-state index >= 15 is 0 Å². The minimum Gasteiger partial charge on any atom is -0.460 e. The lowest BCUT2D eigenvalue weighted by atomic mass is 10.1. The summed E-state index contributed by atoms with van der Waals surface area (Å²) in [5.41, 5.74) is -0.0381. The van der Waals surface area contributed by atoms with E-state index in [0.29, 0.717) is 38.7 Å². The third kappa shape index (κ3) is 9.09. The number of halogens is 3. The fraction of sp³-hybridized carbons (Fsp3) is 0.348. The average Bonchev–Trinajstić information content (AvgIpc) is 2.77. The van der Waals surface area contributed by atoms with Crippen LogP contribution in [0.2, 0.25) is 0 Å². The van der Waals surface area contributed by atoms with Gasteiger partial charge in [-0.25, -0.2) is 4.79 Å². The quantitative estimate of drug-likeness (QED) is 0.251. The number of para-hydroxylation sites is 1. The lowest BCUT2D eigenvalue weighted by molar-refractivity contribution is -0.137. The first-order valence-corrected chi connectivity index (χ1v) is 9.96. The molecule has 9 heteroatoms. The molecule has 1 N–H and O–H groups in total. The molecule has 0 radical (unpaired) electrons. The zero-order valence-corrected chi connectivity index (χ0v) is 17.5. The number of rotatable bonds is 14. The summed E-state index contributed by atoms with van der Waals surface area (Å²) in [4.78, 5) is 12.4. The van der Waals surface area contributed by atoms with Gasteiger partial charge in [0.2, 0.25) is 0 Å². The Bertz CT molecular complexity index is 858. The second-order valence-electron chi connectivity index (χ2n) is 6.47. The molecule has 0 aliphatic rings. The van der Waals surface area contributed by atoms with Gasteiger partial charge in [-0.1, -0.05) is 24.3 Å². The number of ether oxygens (including phenoxy) is 4. The molecule has 0 heterocycles. The SMILES string of the molecule is C=CCOCCOCCOCCOC(=O)c1ccccc1Nc1cccc(C(F)(F)F)c1. The lowest BCUT2D eigenvalue weighted by Crippen LogP contribution is -2.15. The number of anilines is 2. The zero-order chi connectivity index (χ0) is 23.2. The Morgan fingerprint density at radius 2 is 1.56 bits per heavy atom. The summed E-state index contributed by atoms with van der Waals surface area (Å²) < 4.78 is 59.8. The predicted molar refractivity (Wildman–Crippen MR) is 114 cm³/mol. The van der Waals surface area contributed by atoms with E-state index in [-0.39, 0.29) is 24.5 Å². The van der Waals surface area contributed by atoms with Gasteiger partial charge in [-0.2, -0.15) is 13.2 Å². The summed E-state index contributed by atoms with van der Waals surface area (Å²) >= 11 is 0. The molecule has 0 bridgehead atoms. The van der Waals surface area contributed by atoms with Gasteiger partial charge in [-0.3, -0.25) is 0 Å². The van der Waals surface area contributed by atoms with Crippen molar-refractivity contribution in [1.29, 1.82) is 0 Å². The molecule has 0 saturated carbocycles. The van der Waals surface area contributed by atoms with Crippen molar-refractivity contribution in [2.75, 3.05) is 51.6 Å². The Morgan fingerprint density at radius 1 is 0.906 bits per heavy atom. The van der Waals surface area contributed by atoms with E-state index in [2.05, 4.69) is 11.9 Å².